The second kappa shape index (κ2) is 12.7. The van der Waals surface area contributed by atoms with Gasteiger partial charge in [0.15, 0.2) is 0 Å². The summed E-state index contributed by atoms with van der Waals surface area (Å²) in [7, 11) is 5.36. The van der Waals surface area contributed by atoms with E-state index in [0.29, 0.717) is 38.0 Å². The lowest BCUT2D eigenvalue weighted by molar-refractivity contribution is 0.0490. The fourth-order valence-electron chi connectivity index (χ4n) is 4.04. The molecular weight excluding hydrogens is 476 g/mol. The summed E-state index contributed by atoms with van der Waals surface area (Å²) in [4.78, 5) is 41.8. The van der Waals surface area contributed by atoms with Crippen LogP contribution in [0.25, 0.3) is 11.1 Å². The number of amides is 2. The Kier molecular flexibility index (Phi) is 9.62. The van der Waals surface area contributed by atoms with Crippen molar-refractivity contribution >= 4 is 18.0 Å². The average molecular weight is 515 g/mol. The summed E-state index contributed by atoms with van der Waals surface area (Å²) < 4.78 is 16.0. The molecule has 11 nitrogen and oxygen atoms in total. The van der Waals surface area contributed by atoms with Crippen LogP contribution in [0.3, 0.4) is 0 Å². The number of rotatable bonds is 8. The number of likely N-dealkylation sites (N-methyl/N-ethyl adjacent to an activating group) is 1. The number of ether oxygens (including phenoxy) is 3. The standard InChI is InChI=1S/C26H38N6O5/c1-26(2,3)37-24(33)30-20-8-10-21(11-9-20)32(25(34)36-14-13-31(4)5)22-12-7-18(15-27-22)19-16-28-23(35-6)29-17-19/h7,12,15-17,20-21H,8-11,13-14H2,1-6H3,(H,30,33). The van der Waals surface area contributed by atoms with Crippen LogP contribution in [0.1, 0.15) is 46.5 Å². The van der Waals surface area contributed by atoms with Gasteiger partial charge >= 0.3 is 18.2 Å². The van der Waals surface area contributed by atoms with E-state index in [9.17, 15) is 9.59 Å². The van der Waals surface area contributed by atoms with E-state index in [1.165, 1.54) is 7.11 Å². The Morgan fingerprint density at radius 3 is 2.19 bits per heavy atom. The van der Waals surface area contributed by atoms with Crippen molar-refractivity contribution in [1.82, 2.24) is 25.2 Å². The van der Waals surface area contributed by atoms with Gasteiger partial charge in [-0.05, 0) is 72.7 Å². The van der Waals surface area contributed by atoms with E-state index in [-0.39, 0.29) is 24.7 Å². The van der Waals surface area contributed by atoms with Crippen LogP contribution in [0.4, 0.5) is 15.4 Å². The lowest BCUT2D eigenvalue weighted by Gasteiger charge is -2.36. The zero-order valence-electron chi connectivity index (χ0n) is 22.6. The third kappa shape index (κ3) is 8.56. The molecule has 1 aliphatic carbocycles. The molecule has 1 fully saturated rings. The van der Waals surface area contributed by atoms with E-state index in [1.54, 1.807) is 29.6 Å². The number of hydrogen-bond donors (Lipinski definition) is 1. The fraction of sp³-hybridized carbons (Fsp3) is 0.577. The number of pyridine rings is 1. The van der Waals surface area contributed by atoms with Crippen LogP contribution < -0.4 is 15.0 Å². The van der Waals surface area contributed by atoms with Gasteiger partial charge in [0.25, 0.3) is 0 Å². The van der Waals surface area contributed by atoms with Gasteiger partial charge < -0.3 is 24.4 Å². The Balaban J connectivity index is 1.71. The molecule has 2 aromatic heterocycles. The minimum atomic E-state index is -0.551. The van der Waals surface area contributed by atoms with Crippen LogP contribution in [-0.2, 0) is 9.47 Å². The summed E-state index contributed by atoms with van der Waals surface area (Å²) >= 11 is 0. The molecule has 0 unspecified atom stereocenters. The zero-order valence-corrected chi connectivity index (χ0v) is 22.6. The summed E-state index contributed by atoms with van der Waals surface area (Å²) in [5.74, 6) is 0.511. The van der Waals surface area contributed by atoms with Crippen LogP contribution >= 0.6 is 0 Å². The van der Waals surface area contributed by atoms with Gasteiger partial charge in [0.1, 0.15) is 18.0 Å². The minimum absolute atomic E-state index is 0.0110. The lowest BCUT2D eigenvalue weighted by Crippen LogP contribution is -2.47. The smallest absolute Gasteiger partial charge is 0.415 e. The number of methoxy groups -OCH3 is 1. The van der Waals surface area contributed by atoms with Crippen molar-refractivity contribution in [3.8, 4) is 17.1 Å². The number of aromatic nitrogens is 3. The predicted molar refractivity (Wildman–Crippen MR) is 140 cm³/mol. The Hall–Kier alpha value is -3.47. The predicted octanol–water partition coefficient (Wildman–Crippen LogP) is 3.89. The number of alkyl carbamates (subject to hydrolysis) is 1. The van der Waals surface area contributed by atoms with Crippen LogP contribution in [0, 0.1) is 0 Å². The van der Waals surface area contributed by atoms with Crippen molar-refractivity contribution in [3.63, 3.8) is 0 Å². The van der Waals surface area contributed by atoms with Gasteiger partial charge in [-0.1, -0.05) is 0 Å². The Morgan fingerprint density at radius 1 is 1.00 bits per heavy atom. The Labute approximate surface area is 218 Å². The van der Waals surface area contributed by atoms with Gasteiger partial charge in [-0.3, -0.25) is 4.90 Å². The van der Waals surface area contributed by atoms with Crippen molar-refractivity contribution in [3.05, 3.63) is 30.7 Å². The van der Waals surface area contributed by atoms with Crippen molar-refractivity contribution in [2.45, 2.75) is 64.1 Å². The minimum Gasteiger partial charge on any atom is -0.467 e. The van der Waals surface area contributed by atoms with E-state index in [1.807, 2.05) is 45.8 Å². The Bertz CT molecular complexity index is 1020. The lowest BCUT2D eigenvalue weighted by atomic mass is 9.90. The molecule has 0 saturated heterocycles. The zero-order chi connectivity index (χ0) is 27.0. The molecule has 0 aromatic carbocycles. The number of nitrogens with zero attached hydrogens (tertiary/aromatic N) is 5. The van der Waals surface area contributed by atoms with Crippen LogP contribution in [0.2, 0.25) is 0 Å². The van der Waals surface area contributed by atoms with E-state index in [0.717, 1.165) is 11.1 Å². The molecule has 202 valence electrons. The SMILES string of the molecule is COc1ncc(-c2ccc(N(C(=O)OCCN(C)C)C3CCC(NC(=O)OC(C)(C)C)CC3)nc2)cn1. The summed E-state index contributed by atoms with van der Waals surface area (Å²) in [6.07, 6.45) is 6.98. The first-order chi connectivity index (χ1) is 17.6. The van der Waals surface area contributed by atoms with E-state index in [2.05, 4.69) is 20.3 Å². The van der Waals surface area contributed by atoms with Gasteiger partial charge in [-0.15, -0.1) is 0 Å². The van der Waals surface area contributed by atoms with Crippen molar-refractivity contribution < 1.29 is 23.8 Å². The van der Waals surface area contributed by atoms with Gasteiger partial charge in [0.05, 0.1) is 7.11 Å². The first kappa shape index (κ1) is 28.1. The van der Waals surface area contributed by atoms with Gasteiger partial charge in [0, 0.05) is 48.3 Å². The van der Waals surface area contributed by atoms with Gasteiger partial charge in [-0.25, -0.2) is 24.5 Å². The number of nitrogens with one attached hydrogen (secondary N) is 1. The highest BCUT2D eigenvalue weighted by Gasteiger charge is 2.33. The molecule has 37 heavy (non-hydrogen) atoms. The van der Waals surface area contributed by atoms with Crippen LogP contribution in [0.5, 0.6) is 6.01 Å². The molecule has 1 N–H and O–H groups in total. The number of carbonyl (C=O) groups excluding carboxylic acids is 2. The highest BCUT2D eigenvalue weighted by Crippen LogP contribution is 2.29. The van der Waals surface area contributed by atoms with E-state index < -0.39 is 17.8 Å². The molecule has 0 radical (unpaired) electrons. The summed E-state index contributed by atoms with van der Waals surface area (Å²) in [6.45, 7) is 6.41. The van der Waals surface area contributed by atoms with E-state index in [4.69, 9.17) is 14.2 Å². The number of anilines is 1. The molecule has 0 spiro atoms. The second-order valence-electron chi connectivity index (χ2n) is 10.3. The molecule has 2 amide bonds. The molecule has 0 bridgehead atoms. The van der Waals surface area contributed by atoms with E-state index >= 15 is 0 Å². The fourth-order valence-corrected chi connectivity index (χ4v) is 4.04. The van der Waals surface area contributed by atoms with Crippen molar-refractivity contribution in [2.75, 3.05) is 39.3 Å². The largest absolute Gasteiger partial charge is 0.467 e. The maximum Gasteiger partial charge on any atom is 0.415 e. The Morgan fingerprint density at radius 2 is 1.65 bits per heavy atom. The maximum atomic E-state index is 13.2. The first-order valence-corrected chi connectivity index (χ1v) is 12.5. The third-order valence-electron chi connectivity index (χ3n) is 5.88. The van der Waals surface area contributed by atoms with Gasteiger partial charge in [-0.2, -0.15) is 0 Å². The second-order valence-corrected chi connectivity index (χ2v) is 10.3. The third-order valence-corrected chi connectivity index (χ3v) is 5.88. The normalized spacial score (nSPS) is 17.7. The monoisotopic (exact) mass is 514 g/mol. The molecule has 2 aromatic rings. The molecule has 3 rings (SSSR count). The molecule has 1 aliphatic rings. The molecule has 2 heterocycles. The summed E-state index contributed by atoms with van der Waals surface area (Å²) in [5.41, 5.74) is 1.05. The highest BCUT2D eigenvalue weighted by molar-refractivity contribution is 5.87. The molecular formula is C26H38N6O5. The molecule has 0 aliphatic heterocycles. The van der Waals surface area contributed by atoms with Crippen LogP contribution in [-0.4, -0.2) is 84.1 Å². The quantitative estimate of drug-likeness (QED) is 0.559. The summed E-state index contributed by atoms with van der Waals surface area (Å²) in [5, 5.41) is 2.95. The average Bonchev–Trinajstić information content (AvgIpc) is 2.84. The highest BCUT2D eigenvalue weighted by atomic mass is 16.6. The number of carbonyl (C=O) groups is 2. The molecule has 1 saturated carbocycles. The first-order valence-electron chi connectivity index (χ1n) is 12.5. The maximum absolute atomic E-state index is 13.2. The topological polar surface area (TPSA) is 119 Å². The van der Waals surface area contributed by atoms with Crippen molar-refractivity contribution in [1.29, 1.82) is 0 Å². The van der Waals surface area contributed by atoms with Crippen LogP contribution in [0.15, 0.2) is 30.7 Å². The summed E-state index contributed by atoms with van der Waals surface area (Å²) in [6, 6.07) is 3.85. The van der Waals surface area contributed by atoms with Crippen molar-refractivity contribution in [2.24, 2.45) is 0 Å². The molecule has 0 atom stereocenters. The number of hydrogen-bond acceptors (Lipinski definition) is 9. The van der Waals surface area contributed by atoms with Gasteiger partial charge in [0.2, 0.25) is 0 Å². The molecule has 11 heteroatoms.